The number of nitrogens with zero attached hydrogens (tertiary/aromatic N) is 3. The normalized spacial score (nSPS) is 13.8. The molecule has 2 amide bonds. The van der Waals surface area contributed by atoms with Gasteiger partial charge in [-0.2, -0.15) is 0 Å². The molecular weight excluding hydrogens is 417 g/mol. The zero-order valence-corrected chi connectivity index (χ0v) is 19.7. The molecule has 0 radical (unpaired) electrons. The number of imide groups is 1. The summed E-state index contributed by atoms with van der Waals surface area (Å²) in [5, 5.41) is 0. The molecule has 2 heterocycles. The first-order valence-electron chi connectivity index (χ1n) is 12.1. The van der Waals surface area contributed by atoms with E-state index in [4.69, 9.17) is 0 Å². The van der Waals surface area contributed by atoms with Gasteiger partial charge in [0, 0.05) is 32.0 Å². The number of halogens is 1. The van der Waals surface area contributed by atoms with Crippen LogP contribution < -0.4 is 0 Å². The van der Waals surface area contributed by atoms with Crippen LogP contribution in [0.5, 0.6) is 0 Å². The summed E-state index contributed by atoms with van der Waals surface area (Å²) in [6, 6.07) is 9.75. The van der Waals surface area contributed by atoms with Crippen LogP contribution in [-0.2, 0) is 16.0 Å². The number of hydrogen-bond acceptors (Lipinski definition) is 4. The van der Waals surface area contributed by atoms with Crippen molar-refractivity contribution in [3.63, 3.8) is 0 Å². The van der Waals surface area contributed by atoms with Crippen LogP contribution in [0.15, 0.2) is 54.5 Å². The molecule has 176 valence electrons. The maximum atomic E-state index is 13.6. The van der Waals surface area contributed by atoms with Gasteiger partial charge in [0.1, 0.15) is 11.5 Å². The summed E-state index contributed by atoms with van der Waals surface area (Å²) in [5.74, 6) is -0.895. The Bertz CT molecular complexity index is 957. The number of aromatic nitrogens is 1. The zero-order chi connectivity index (χ0) is 23.6. The van der Waals surface area contributed by atoms with Gasteiger partial charge in [-0.25, -0.2) is 4.39 Å². The summed E-state index contributed by atoms with van der Waals surface area (Å²) in [6.07, 6.45) is 10.7. The standard InChI is InChI=1S/C27H34FN3O2/c1-3-5-6-7-8-9-19-31-26(32)24(22-10-12-23(28)13-11-22)25(27(31)33)30(4-2)20-16-21-14-17-29-18-15-21/h10-15,17-18H,3-9,16,19-20H2,1-2H3. The van der Waals surface area contributed by atoms with Crippen molar-refractivity contribution in [3.8, 4) is 0 Å². The van der Waals surface area contributed by atoms with Crippen LogP contribution in [0, 0.1) is 5.82 Å². The van der Waals surface area contributed by atoms with Crippen molar-refractivity contribution in [2.45, 2.75) is 58.8 Å². The van der Waals surface area contributed by atoms with Gasteiger partial charge >= 0.3 is 0 Å². The first-order chi connectivity index (χ1) is 16.1. The van der Waals surface area contributed by atoms with E-state index in [1.165, 1.54) is 36.3 Å². The molecule has 1 aliphatic rings. The van der Waals surface area contributed by atoms with Gasteiger partial charge in [0.25, 0.3) is 11.8 Å². The summed E-state index contributed by atoms with van der Waals surface area (Å²) in [7, 11) is 0. The van der Waals surface area contributed by atoms with Gasteiger partial charge in [-0.15, -0.1) is 0 Å². The highest BCUT2D eigenvalue weighted by atomic mass is 19.1. The fraction of sp³-hybridized carbons (Fsp3) is 0.444. The van der Waals surface area contributed by atoms with Crippen LogP contribution in [0.3, 0.4) is 0 Å². The average Bonchev–Trinajstić information content (AvgIpc) is 3.08. The summed E-state index contributed by atoms with van der Waals surface area (Å²) in [5.41, 5.74) is 2.50. The molecule has 0 fully saturated rings. The molecule has 1 aromatic carbocycles. The molecule has 0 saturated heterocycles. The first-order valence-corrected chi connectivity index (χ1v) is 12.1. The second kappa shape index (κ2) is 12.3. The van der Waals surface area contributed by atoms with E-state index in [0.717, 1.165) is 31.2 Å². The summed E-state index contributed by atoms with van der Waals surface area (Å²) in [6.45, 7) is 5.77. The third kappa shape index (κ3) is 6.28. The molecule has 1 aromatic heterocycles. The molecule has 3 rings (SSSR count). The summed E-state index contributed by atoms with van der Waals surface area (Å²) in [4.78, 5) is 34.3. The molecule has 0 atom stereocenters. The Morgan fingerprint density at radius 3 is 2.21 bits per heavy atom. The number of amides is 2. The average molecular weight is 452 g/mol. The molecule has 0 aliphatic carbocycles. The third-order valence-corrected chi connectivity index (χ3v) is 6.13. The van der Waals surface area contributed by atoms with E-state index in [0.29, 0.717) is 36.5 Å². The lowest BCUT2D eigenvalue weighted by atomic mass is 10.0. The number of unbranched alkanes of at least 4 members (excludes halogenated alkanes) is 5. The predicted octanol–water partition coefficient (Wildman–Crippen LogP) is 5.23. The van der Waals surface area contributed by atoms with Gasteiger partial charge in [-0.3, -0.25) is 19.5 Å². The third-order valence-electron chi connectivity index (χ3n) is 6.13. The van der Waals surface area contributed by atoms with Crippen molar-refractivity contribution >= 4 is 17.4 Å². The van der Waals surface area contributed by atoms with E-state index in [1.807, 2.05) is 24.0 Å². The van der Waals surface area contributed by atoms with E-state index in [9.17, 15) is 14.0 Å². The van der Waals surface area contributed by atoms with Crippen molar-refractivity contribution in [2.24, 2.45) is 0 Å². The maximum Gasteiger partial charge on any atom is 0.277 e. The van der Waals surface area contributed by atoms with Crippen LogP contribution in [0.4, 0.5) is 4.39 Å². The number of rotatable bonds is 13. The largest absolute Gasteiger partial charge is 0.366 e. The van der Waals surface area contributed by atoms with E-state index in [-0.39, 0.29) is 17.6 Å². The number of likely N-dealkylation sites (N-methyl/N-ethyl adjacent to an activating group) is 1. The van der Waals surface area contributed by atoms with Crippen LogP contribution in [0.25, 0.3) is 5.57 Å². The Kier molecular flexibility index (Phi) is 9.16. The molecular formula is C27H34FN3O2. The minimum atomic E-state index is -0.369. The molecule has 33 heavy (non-hydrogen) atoms. The van der Waals surface area contributed by atoms with Crippen LogP contribution >= 0.6 is 0 Å². The van der Waals surface area contributed by atoms with Crippen LogP contribution in [0.1, 0.15) is 63.5 Å². The topological polar surface area (TPSA) is 53.5 Å². The van der Waals surface area contributed by atoms with Gasteiger partial charge in [0.2, 0.25) is 0 Å². The SMILES string of the molecule is CCCCCCCCN1C(=O)C(c2ccc(F)cc2)=C(N(CC)CCc2ccncc2)C1=O. The highest BCUT2D eigenvalue weighted by Gasteiger charge is 2.40. The fourth-order valence-electron chi connectivity index (χ4n) is 4.23. The van der Waals surface area contributed by atoms with E-state index < -0.39 is 0 Å². The van der Waals surface area contributed by atoms with Gasteiger partial charge in [0.05, 0.1) is 5.57 Å². The van der Waals surface area contributed by atoms with E-state index in [1.54, 1.807) is 24.5 Å². The quantitative estimate of drug-likeness (QED) is 0.309. The highest BCUT2D eigenvalue weighted by Crippen LogP contribution is 2.32. The van der Waals surface area contributed by atoms with Crippen molar-refractivity contribution in [1.29, 1.82) is 0 Å². The van der Waals surface area contributed by atoms with Crippen molar-refractivity contribution < 1.29 is 14.0 Å². The van der Waals surface area contributed by atoms with Gasteiger partial charge < -0.3 is 4.90 Å². The monoisotopic (exact) mass is 451 g/mol. The highest BCUT2D eigenvalue weighted by molar-refractivity contribution is 6.35. The molecule has 6 heteroatoms. The van der Waals surface area contributed by atoms with Crippen molar-refractivity contribution in [1.82, 2.24) is 14.8 Å². The molecule has 0 saturated carbocycles. The lowest BCUT2D eigenvalue weighted by molar-refractivity contribution is -0.137. The predicted molar refractivity (Wildman–Crippen MR) is 129 cm³/mol. The lowest BCUT2D eigenvalue weighted by Gasteiger charge is -2.25. The fourth-order valence-corrected chi connectivity index (χ4v) is 4.23. The Balaban J connectivity index is 1.81. The summed E-state index contributed by atoms with van der Waals surface area (Å²) < 4.78 is 13.6. The number of carbonyl (C=O) groups excluding carboxylic acids is 2. The molecule has 5 nitrogen and oxygen atoms in total. The molecule has 0 spiro atoms. The number of hydrogen-bond donors (Lipinski definition) is 0. The van der Waals surface area contributed by atoms with Crippen LogP contribution in [0.2, 0.25) is 0 Å². The Morgan fingerprint density at radius 1 is 0.879 bits per heavy atom. The number of benzene rings is 1. The Labute approximate surface area is 196 Å². The van der Waals surface area contributed by atoms with Gasteiger partial charge in [-0.05, 0) is 55.2 Å². The molecule has 2 aromatic rings. The minimum Gasteiger partial charge on any atom is -0.366 e. The minimum absolute atomic E-state index is 0.246. The smallest absolute Gasteiger partial charge is 0.277 e. The van der Waals surface area contributed by atoms with E-state index in [2.05, 4.69) is 11.9 Å². The second-order valence-electron chi connectivity index (χ2n) is 8.45. The zero-order valence-electron chi connectivity index (χ0n) is 19.7. The molecule has 0 N–H and O–H groups in total. The van der Waals surface area contributed by atoms with Crippen LogP contribution in [-0.4, -0.2) is 46.2 Å². The van der Waals surface area contributed by atoms with Gasteiger partial charge in [0.15, 0.2) is 0 Å². The second-order valence-corrected chi connectivity index (χ2v) is 8.45. The van der Waals surface area contributed by atoms with Crippen molar-refractivity contribution in [2.75, 3.05) is 19.6 Å². The molecule has 0 bridgehead atoms. The van der Waals surface area contributed by atoms with Crippen molar-refractivity contribution in [3.05, 3.63) is 71.4 Å². The lowest BCUT2D eigenvalue weighted by Crippen LogP contribution is -2.36. The first kappa shape index (κ1) is 24.6. The van der Waals surface area contributed by atoms with Gasteiger partial charge in [-0.1, -0.05) is 51.2 Å². The Hall–Kier alpha value is -3.02. The number of pyridine rings is 1. The number of carbonyl (C=O) groups is 2. The molecule has 0 unspecified atom stereocenters. The molecule has 1 aliphatic heterocycles. The summed E-state index contributed by atoms with van der Waals surface area (Å²) >= 11 is 0. The Morgan fingerprint density at radius 2 is 1.55 bits per heavy atom. The maximum absolute atomic E-state index is 13.6. The van der Waals surface area contributed by atoms with E-state index >= 15 is 0 Å².